The van der Waals surface area contributed by atoms with Crippen LogP contribution in [-0.2, 0) is 66.7 Å². The molecule has 2 fully saturated rings. The molecule has 2 aliphatic heterocycles. The number of fused-ring (bicyclic) bond motifs is 2. The second-order valence-electron chi connectivity index (χ2n) is 17.9. The molecule has 64 heavy (non-hydrogen) atoms. The smallest absolute Gasteiger partial charge is 0.333 e. The highest BCUT2D eigenvalue weighted by Crippen LogP contribution is 2.45. The number of phosphoric acid groups is 1. The molecule has 7 atom stereocenters. The lowest BCUT2D eigenvalue weighted by Gasteiger charge is -2.35. The van der Waals surface area contributed by atoms with Crippen LogP contribution in [0.4, 0.5) is 0 Å². The van der Waals surface area contributed by atoms with Gasteiger partial charge in [0, 0.05) is 39.4 Å². The number of hydrogen-bond donors (Lipinski definition) is 3. The van der Waals surface area contributed by atoms with Gasteiger partial charge in [-0.15, -0.1) is 0 Å². The van der Waals surface area contributed by atoms with Crippen LogP contribution in [0.3, 0.4) is 0 Å². The molecule has 0 aromatic heterocycles. The third kappa shape index (κ3) is 28.2. The molecular weight excluding hydrogens is 880 g/mol. The Morgan fingerprint density at radius 1 is 0.859 bits per heavy atom. The van der Waals surface area contributed by atoms with Crippen molar-refractivity contribution in [3.63, 3.8) is 0 Å². The molecule has 2 saturated heterocycles. The molecule has 0 aromatic carbocycles. The van der Waals surface area contributed by atoms with Crippen molar-refractivity contribution in [2.75, 3.05) is 67.3 Å². The number of hydrogen-bond acceptors (Lipinski definition) is 16. The summed E-state index contributed by atoms with van der Waals surface area (Å²) in [6.45, 7) is 2.01. The maximum Gasteiger partial charge on any atom is 0.333 e. The number of ether oxygens (including phenoxy) is 6. The fraction of sp³-hybridized carbons (Fsp3) is 0.884. The lowest BCUT2D eigenvalue weighted by molar-refractivity contribution is -0.870. The number of carbonyl (C=O) groups is 3. The SMILES string of the molecule is CC(=O)OC[C@H](COP(=O)([O-])OCC[N+](C)(C)C)OC(=O)/C=C/CCCCC[C@H]1O[C@]2(CCCCCCCCCCCCCCOC[C@H](CO)NS(=O)(=O)O)CC[C@@H](OC(C)=O)[C@@H]1O2. The summed E-state index contributed by atoms with van der Waals surface area (Å²) < 4.78 is 89.3. The predicted molar refractivity (Wildman–Crippen MR) is 235 cm³/mol. The Morgan fingerprint density at radius 3 is 2.08 bits per heavy atom. The first-order valence-corrected chi connectivity index (χ1v) is 26.0. The molecule has 3 N–H and O–H groups in total. The minimum Gasteiger partial charge on any atom is -0.756 e. The van der Waals surface area contributed by atoms with E-state index in [1.165, 1.54) is 52.0 Å². The van der Waals surface area contributed by atoms with E-state index in [1.807, 2.05) is 25.9 Å². The molecule has 2 rings (SSSR count). The van der Waals surface area contributed by atoms with Gasteiger partial charge >= 0.3 is 28.2 Å². The zero-order valence-electron chi connectivity index (χ0n) is 39.0. The summed E-state index contributed by atoms with van der Waals surface area (Å²) >= 11 is 0. The second kappa shape index (κ2) is 31.1. The molecular formula is C43H79N2O17PS. The molecule has 0 spiro atoms. The normalized spacial score (nSPS) is 22.0. The van der Waals surface area contributed by atoms with Gasteiger partial charge in [-0.1, -0.05) is 83.1 Å². The van der Waals surface area contributed by atoms with E-state index in [0.29, 0.717) is 36.9 Å². The number of esters is 3. The zero-order chi connectivity index (χ0) is 47.5. The number of quaternary nitrogens is 1. The summed E-state index contributed by atoms with van der Waals surface area (Å²) in [5.74, 6) is -2.33. The summed E-state index contributed by atoms with van der Waals surface area (Å²) in [5, 5.41) is 9.16. The largest absolute Gasteiger partial charge is 0.756 e. The van der Waals surface area contributed by atoms with Crippen LogP contribution in [0.2, 0.25) is 0 Å². The van der Waals surface area contributed by atoms with Gasteiger partial charge in [0.15, 0.2) is 11.9 Å². The maximum atomic E-state index is 12.5. The predicted octanol–water partition coefficient (Wildman–Crippen LogP) is 5.22. The number of nitrogens with zero attached hydrogens (tertiary/aromatic N) is 1. The van der Waals surface area contributed by atoms with Gasteiger partial charge in [-0.3, -0.25) is 18.7 Å². The van der Waals surface area contributed by atoms with E-state index in [-0.39, 0.29) is 44.1 Å². The molecule has 0 aromatic rings. The molecule has 0 radical (unpaired) electrons. The number of unbranched alkanes of at least 4 members (excludes halogenated alkanes) is 14. The third-order valence-electron chi connectivity index (χ3n) is 10.8. The Morgan fingerprint density at radius 2 is 1.48 bits per heavy atom. The van der Waals surface area contributed by atoms with Crippen molar-refractivity contribution in [2.24, 2.45) is 0 Å². The number of nitrogens with one attached hydrogen (secondary N) is 1. The number of allylic oxidation sites excluding steroid dienone is 1. The second-order valence-corrected chi connectivity index (χ2v) is 20.5. The van der Waals surface area contributed by atoms with Crippen LogP contribution in [0.15, 0.2) is 12.2 Å². The van der Waals surface area contributed by atoms with Crippen molar-refractivity contribution in [3.8, 4) is 0 Å². The third-order valence-corrected chi connectivity index (χ3v) is 12.4. The molecule has 0 aliphatic carbocycles. The zero-order valence-corrected chi connectivity index (χ0v) is 40.7. The van der Waals surface area contributed by atoms with Gasteiger partial charge in [0.1, 0.15) is 32.0 Å². The number of rotatable bonds is 38. The van der Waals surface area contributed by atoms with Crippen molar-refractivity contribution >= 4 is 36.0 Å². The minimum atomic E-state index is -4.68. The average Bonchev–Trinajstić information content (AvgIpc) is 3.49. The van der Waals surface area contributed by atoms with Crippen molar-refractivity contribution in [1.29, 1.82) is 0 Å². The molecule has 2 bridgehead atoms. The van der Waals surface area contributed by atoms with Crippen LogP contribution in [0, 0.1) is 0 Å². The Bertz CT molecular complexity index is 1530. The monoisotopic (exact) mass is 958 g/mol. The summed E-state index contributed by atoms with van der Waals surface area (Å²) in [6.07, 6.45) is 20.4. The van der Waals surface area contributed by atoms with Crippen molar-refractivity contribution in [1.82, 2.24) is 4.72 Å². The van der Waals surface area contributed by atoms with E-state index < -0.39 is 61.2 Å². The highest BCUT2D eigenvalue weighted by Gasteiger charge is 2.54. The lowest BCUT2D eigenvalue weighted by atomic mass is 9.94. The van der Waals surface area contributed by atoms with E-state index in [1.54, 1.807) is 6.08 Å². The minimum absolute atomic E-state index is 0.00608. The number of carbonyl (C=O) groups excluding carboxylic acids is 3. The van der Waals surface area contributed by atoms with Gasteiger partial charge in [0.25, 0.3) is 7.82 Å². The van der Waals surface area contributed by atoms with Gasteiger partial charge in [-0.05, 0) is 38.5 Å². The number of phosphoric ester groups is 1. The number of aliphatic hydroxyl groups is 1. The molecule has 0 saturated carbocycles. The Kier molecular flexibility index (Phi) is 28.2. The summed E-state index contributed by atoms with van der Waals surface area (Å²) in [7, 11) is -3.40. The molecule has 19 nitrogen and oxygen atoms in total. The molecule has 2 heterocycles. The first-order chi connectivity index (χ1) is 30.2. The van der Waals surface area contributed by atoms with Crippen LogP contribution in [0.1, 0.15) is 142 Å². The van der Waals surface area contributed by atoms with E-state index in [2.05, 4.69) is 0 Å². The van der Waals surface area contributed by atoms with E-state index in [0.717, 1.165) is 77.0 Å². The van der Waals surface area contributed by atoms with E-state index >= 15 is 0 Å². The summed E-state index contributed by atoms with van der Waals surface area (Å²) in [6, 6.07) is -0.858. The Hall–Kier alpha value is -2.07. The van der Waals surface area contributed by atoms with E-state index in [9.17, 15) is 32.3 Å². The number of likely N-dealkylation sites (N-methyl/N-ethyl adjacent to an activating group) is 1. The first kappa shape index (κ1) is 58.1. The Balaban J connectivity index is 1.63. The van der Waals surface area contributed by atoms with Crippen LogP contribution in [0.25, 0.3) is 0 Å². The molecule has 374 valence electrons. The van der Waals surface area contributed by atoms with Crippen LogP contribution in [0.5, 0.6) is 0 Å². The van der Waals surface area contributed by atoms with Gasteiger partial charge in [-0.25, -0.2) is 4.79 Å². The summed E-state index contributed by atoms with van der Waals surface area (Å²) in [5.41, 5.74) is 0. The van der Waals surface area contributed by atoms with Gasteiger partial charge < -0.3 is 52.0 Å². The Labute approximate surface area is 381 Å². The summed E-state index contributed by atoms with van der Waals surface area (Å²) in [4.78, 5) is 47.9. The van der Waals surface area contributed by atoms with Gasteiger partial charge in [0.2, 0.25) is 0 Å². The van der Waals surface area contributed by atoms with Gasteiger partial charge in [0.05, 0.1) is 53.1 Å². The van der Waals surface area contributed by atoms with Crippen LogP contribution in [-0.4, -0.2) is 144 Å². The maximum absolute atomic E-state index is 12.5. The van der Waals surface area contributed by atoms with E-state index in [4.69, 9.17) is 47.1 Å². The highest BCUT2D eigenvalue weighted by atomic mass is 32.2. The fourth-order valence-electron chi connectivity index (χ4n) is 7.52. The van der Waals surface area contributed by atoms with Crippen LogP contribution >= 0.6 is 7.82 Å². The van der Waals surface area contributed by atoms with Crippen molar-refractivity contribution < 1.29 is 83.9 Å². The first-order valence-electron chi connectivity index (χ1n) is 23.1. The van der Waals surface area contributed by atoms with Crippen molar-refractivity contribution in [2.45, 2.75) is 179 Å². The highest BCUT2D eigenvalue weighted by molar-refractivity contribution is 7.83. The number of aliphatic hydroxyl groups excluding tert-OH is 1. The molecule has 0 amide bonds. The molecule has 21 heteroatoms. The van der Waals surface area contributed by atoms with Gasteiger partial charge in [-0.2, -0.15) is 13.1 Å². The van der Waals surface area contributed by atoms with Crippen LogP contribution < -0.4 is 9.62 Å². The van der Waals surface area contributed by atoms with Crippen molar-refractivity contribution in [3.05, 3.63) is 12.2 Å². The molecule has 1 unspecified atom stereocenters. The topological polar surface area (TPSA) is 252 Å². The standard InChI is InChI=1S/C43H79N2O17PS/c1-35(47)56-33-38(34-58-63(50,51)57-30-28-45(3,4)5)60-41(49)24-20-16-14-15-19-23-40-42-39(59-36(2)48)25-27-43(61-40,62-42)26-21-17-12-10-8-6-7-9-11-13-18-22-29-55-32-37(31-46)44-64(52,53)54/h20,24,37-40,42,44,46H,6-19,21-23,25-34H2,1-5H3,(H-,50,51,52,53,54)/b24-20+/t37-,38+,39+,40+,42-,43-/m0/s1. The quantitative estimate of drug-likeness (QED) is 0.0136. The average molecular weight is 959 g/mol. The lowest BCUT2D eigenvalue weighted by Crippen LogP contribution is -2.43. The fourth-order valence-corrected chi connectivity index (χ4v) is 8.81. The molecule has 2 aliphatic rings.